The number of hydrogen-bond acceptors (Lipinski definition) is 13. The minimum absolute atomic E-state index is 0.0188. The summed E-state index contributed by atoms with van der Waals surface area (Å²) in [4.78, 5) is 55.3. The fourth-order valence-corrected chi connectivity index (χ4v) is 9.20. The molecule has 0 aliphatic carbocycles. The van der Waals surface area contributed by atoms with Crippen LogP contribution in [0.1, 0.15) is 69.6 Å². The molecule has 6 rings (SSSR count). The number of anilines is 1. The Morgan fingerprint density at radius 1 is 0.941 bits per heavy atom. The van der Waals surface area contributed by atoms with Crippen LogP contribution < -0.4 is 25.4 Å². The Hall–Kier alpha value is -5.82. The molecule has 68 heavy (non-hydrogen) atoms. The summed E-state index contributed by atoms with van der Waals surface area (Å²) in [5.74, 6) is -1.06. The Morgan fingerprint density at radius 2 is 1.66 bits per heavy atom. The highest BCUT2D eigenvalue weighted by molar-refractivity contribution is 6.74. The first kappa shape index (κ1) is 51.6. The molecule has 0 spiro atoms. The van der Waals surface area contributed by atoms with Gasteiger partial charge in [-0.15, -0.1) is 0 Å². The summed E-state index contributed by atoms with van der Waals surface area (Å²) in [6, 6.07) is 24.2. The molecule has 4 N–H and O–H groups in total. The van der Waals surface area contributed by atoms with Gasteiger partial charge in [-0.3, -0.25) is 9.59 Å². The molecule has 366 valence electrons. The van der Waals surface area contributed by atoms with Crippen LogP contribution in [0.4, 0.5) is 10.5 Å². The summed E-state index contributed by atoms with van der Waals surface area (Å²) < 4.78 is 46.6. The number of fused-ring (bicyclic) bond motifs is 1. The lowest BCUT2D eigenvalue weighted by Gasteiger charge is -2.42. The Labute approximate surface area is 399 Å². The lowest BCUT2D eigenvalue weighted by molar-refractivity contribution is -0.266. The van der Waals surface area contributed by atoms with E-state index in [0.717, 1.165) is 5.56 Å². The average Bonchev–Trinajstić information content (AvgIpc) is 3.60. The van der Waals surface area contributed by atoms with Crippen LogP contribution in [-0.2, 0) is 61.1 Å². The van der Waals surface area contributed by atoms with Crippen LogP contribution in [0.15, 0.2) is 91.0 Å². The molecule has 0 unspecified atom stereocenters. The van der Waals surface area contributed by atoms with E-state index < -0.39 is 68.4 Å². The topological polar surface area (TPSA) is 198 Å². The fourth-order valence-electron chi connectivity index (χ4n) is 7.87. The number of alkyl carbamates (subject to hydrolysis) is 1. The molecule has 2 aliphatic rings. The third kappa shape index (κ3) is 11.5. The summed E-state index contributed by atoms with van der Waals surface area (Å²) in [5.41, 5.74) is 0.881. The maximum atomic E-state index is 14.5. The van der Waals surface area contributed by atoms with E-state index in [0.29, 0.717) is 40.2 Å². The van der Waals surface area contributed by atoms with E-state index in [2.05, 4.69) is 49.8 Å². The summed E-state index contributed by atoms with van der Waals surface area (Å²) >= 11 is 0. The molecule has 16 nitrogen and oxygen atoms in total. The van der Waals surface area contributed by atoms with Crippen molar-refractivity contribution in [3.05, 3.63) is 113 Å². The van der Waals surface area contributed by atoms with E-state index in [9.17, 15) is 24.3 Å². The molecule has 4 aromatic rings. The standard InChI is InChI=1S/C51H65N3O13Si/c1-11-31(2)43(67-68(9,10)50(3,4)5)45(55)52-39(46(56)62-8)27-33-20-25-41(65-30-60-6)37(26-33)36-18-15-19-38-42(36)54-48(57)51(38,59)44-40(53-49(58)64-28-32-16-13-12-14-17-32)29-63-47(66-44)34-21-23-35(61-7)24-22-34/h12-26,31,39-40,43-44,47,59H,11,27-30H2,1-10H3,(H,52,55)(H,53,58)(H,54,57)/t31-,39-,40+,43-,44+,47+,51-/m0/s1. The summed E-state index contributed by atoms with van der Waals surface area (Å²) in [6.07, 6.45) is -3.39. The van der Waals surface area contributed by atoms with E-state index in [1.165, 1.54) is 14.2 Å². The molecule has 17 heteroatoms. The SMILES string of the molecule is CC[C@H](C)[C@H](O[Si](C)(C)C(C)(C)C)C(=O)N[C@@H](Cc1ccc(OCOC)c(-c2cccc3c2NC(=O)[C@@]3(O)[C@@H]2O[C@H](c3ccc(OC)cc3)OC[C@H]2NC(=O)OCc2ccccc2)c1)C(=O)OC. The zero-order chi connectivity index (χ0) is 49.4. The highest BCUT2D eigenvalue weighted by Gasteiger charge is 2.58. The number of nitrogens with one attached hydrogen (secondary N) is 3. The number of ether oxygens (including phenoxy) is 7. The van der Waals surface area contributed by atoms with Gasteiger partial charge in [-0.2, -0.15) is 0 Å². The second-order valence-electron chi connectivity index (χ2n) is 18.6. The predicted molar refractivity (Wildman–Crippen MR) is 256 cm³/mol. The Kier molecular flexibility index (Phi) is 16.7. The van der Waals surface area contributed by atoms with Gasteiger partial charge in [0, 0.05) is 35.8 Å². The average molecular weight is 956 g/mol. The molecule has 3 amide bonds. The molecular weight excluding hydrogens is 891 g/mol. The van der Waals surface area contributed by atoms with Crippen LogP contribution in [0.2, 0.25) is 18.1 Å². The van der Waals surface area contributed by atoms with Crippen LogP contribution in [0, 0.1) is 5.92 Å². The van der Waals surface area contributed by atoms with Gasteiger partial charge in [0.1, 0.15) is 36.4 Å². The van der Waals surface area contributed by atoms with Crippen molar-refractivity contribution >= 4 is 37.9 Å². The Bertz CT molecular complexity index is 2390. The first-order valence-electron chi connectivity index (χ1n) is 22.7. The van der Waals surface area contributed by atoms with Gasteiger partial charge in [-0.25, -0.2) is 9.59 Å². The molecule has 2 heterocycles. The molecule has 1 fully saturated rings. The van der Waals surface area contributed by atoms with Crippen molar-refractivity contribution in [2.75, 3.05) is 40.0 Å². The highest BCUT2D eigenvalue weighted by atomic mass is 28.4. The van der Waals surface area contributed by atoms with Gasteiger partial charge in [-0.05, 0) is 59.4 Å². The lowest BCUT2D eigenvalue weighted by Crippen LogP contribution is -2.61. The van der Waals surface area contributed by atoms with Crippen LogP contribution in [-0.4, -0.2) is 96.3 Å². The minimum Gasteiger partial charge on any atom is -0.497 e. The molecule has 2 aliphatic heterocycles. The van der Waals surface area contributed by atoms with Gasteiger partial charge < -0.3 is 58.6 Å². The van der Waals surface area contributed by atoms with Gasteiger partial charge in [0.25, 0.3) is 5.91 Å². The number of para-hydroxylation sites is 1. The quantitative estimate of drug-likeness (QED) is 0.0409. The number of esters is 1. The van der Waals surface area contributed by atoms with Crippen molar-refractivity contribution in [2.45, 2.75) is 108 Å². The number of amides is 3. The number of methoxy groups -OCH3 is 3. The minimum atomic E-state index is -2.41. The van der Waals surface area contributed by atoms with E-state index in [-0.39, 0.29) is 48.6 Å². The molecule has 0 aromatic heterocycles. The number of hydrogen-bond donors (Lipinski definition) is 4. The monoisotopic (exact) mass is 955 g/mol. The Balaban J connectivity index is 1.35. The van der Waals surface area contributed by atoms with Crippen molar-refractivity contribution < 1.29 is 61.9 Å². The van der Waals surface area contributed by atoms with Crippen molar-refractivity contribution in [3.8, 4) is 22.6 Å². The highest BCUT2D eigenvalue weighted by Crippen LogP contribution is 2.49. The van der Waals surface area contributed by atoms with Gasteiger partial charge in [-0.1, -0.05) is 108 Å². The summed E-state index contributed by atoms with van der Waals surface area (Å²) in [6.45, 7) is 14.1. The van der Waals surface area contributed by atoms with Gasteiger partial charge >= 0.3 is 12.1 Å². The zero-order valence-corrected chi connectivity index (χ0v) is 41.5. The van der Waals surface area contributed by atoms with E-state index >= 15 is 0 Å². The fraction of sp³-hybridized carbons (Fsp3) is 0.451. The Morgan fingerprint density at radius 3 is 2.31 bits per heavy atom. The second-order valence-corrected chi connectivity index (χ2v) is 23.4. The van der Waals surface area contributed by atoms with Crippen LogP contribution in [0.3, 0.4) is 0 Å². The van der Waals surface area contributed by atoms with Gasteiger partial charge in [0.05, 0.1) is 32.6 Å². The first-order valence-corrected chi connectivity index (χ1v) is 25.6. The molecule has 4 aromatic carbocycles. The lowest BCUT2D eigenvalue weighted by atomic mass is 9.83. The number of benzene rings is 4. The van der Waals surface area contributed by atoms with Gasteiger partial charge in [0.15, 0.2) is 27.0 Å². The number of rotatable bonds is 19. The predicted octanol–water partition coefficient (Wildman–Crippen LogP) is 7.53. The molecule has 7 atom stereocenters. The van der Waals surface area contributed by atoms with E-state index in [1.807, 2.05) is 44.2 Å². The van der Waals surface area contributed by atoms with E-state index in [4.69, 9.17) is 37.6 Å². The normalized spacial score (nSPS) is 20.5. The van der Waals surface area contributed by atoms with Crippen molar-refractivity contribution in [1.29, 1.82) is 0 Å². The second kappa shape index (κ2) is 22.1. The number of carbonyl (C=O) groups is 4. The number of aliphatic hydroxyl groups is 1. The summed E-state index contributed by atoms with van der Waals surface area (Å²) in [7, 11) is 1.88. The summed E-state index contributed by atoms with van der Waals surface area (Å²) in [5, 5.41) is 21.3. The van der Waals surface area contributed by atoms with E-state index in [1.54, 1.807) is 67.8 Å². The zero-order valence-electron chi connectivity index (χ0n) is 40.5. The van der Waals surface area contributed by atoms with Crippen molar-refractivity contribution in [1.82, 2.24) is 10.6 Å². The van der Waals surface area contributed by atoms with Crippen LogP contribution in [0.5, 0.6) is 11.5 Å². The van der Waals surface area contributed by atoms with Crippen LogP contribution >= 0.6 is 0 Å². The first-order chi connectivity index (χ1) is 32.3. The third-order valence-corrected chi connectivity index (χ3v) is 17.4. The maximum absolute atomic E-state index is 14.5. The third-order valence-electron chi connectivity index (χ3n) is 13.0. The molecule has 1 saturated heterocycles. The van der Waals surface area contributed by atoms with Crippen LogP contribution in [0.25, 0.3) is 11.1 Å². The largest absolute Gasteiger partial charge is 0.497 e. The molecular formula is C51H65N3O13Si. The van der Waals surface area contributed by atoms with Gasteiger partial charge in [0.2, 0.25) is 5.91 Å². The van der Waals surface area contributed by atoms with Crippen molar-refractivity contribution in [2.24, 2.45) is 5.92 Å². The molecule has 0 radical (unpaired) electrons. The maximum Gasteiger partial charge on any atom is 0.407 e. The van der Waals surface area contributed by atoms with Crippen molar-refractivity contribution in [3.63, 3.8) is 0 Å². The number of carbonyl (C=O) groups excluding carboxylic acids is 4. The molecule has 0 saturated carbocycles. The molecule has 0 bridgehead atoms. The smallest absolute Gasteiger partial charge is 0.407 e.